The molecule has 46 heavy (non-hydrogen) atoms. The Morgan fingerprint density at radius 2 is 1.80 bits per heavy atom. The van der Waals surface area contributed by atoms with E-state index in [1.807, 2.05) is 0 Å². The van der Waals surface area contributed by atoms with Crippen molar-refractivity contribution in [1.82, 2.24) is 25.0 Å². The number of ether oxygens (including phenoxy) is 2. The lowest BCUT2D eigenvalue weighted by atomic mass is 10.1. The molecule has 1 N–H and O–H groups in total. The number of sulfone groups is 1. The first kappa shape index (κ1) is 31.6. The van der Waals surface area contributed by atoms with E-state index in [1.54, 1.807) is 47.4 Å². The Labute approximate surface area is 266 Å². The number of rotatable bonds is 4. The largest absolute Gasteiger partial charge is 0.475 e. The Kier molecular flexibility index (Phi) is 9.02. The summed E-state index contributed by atoms with van der Waals surface area (Å²) < 4.78 is 50.3. The standard InChI is InChI=1S/C32H34FN5O7S/c1-46(42,43)23-10-8-21(9-11-23)15-36-17-27-28(18-36)44-20-29(39)38-14-13-37(32(41)24-5-2-3-7-26(24)33)16-22(38)19-45-31-25(30(40)35-27)6-4-12-34-31/h2-12,22,27-28H,13-20H2,1H3,(H,35,40)/t22-,27+,28-/m0/s1. The molecule has 3 atom stereocenters. The van der Waals surface area contributed by atoms with E-state index < -0.39 is 45.7 Å². The highest BCUT2D eigenvalue weighted by Crippen LogP contribution is 2.23. The van der Waals surface area contributed by atoms with Gasteiger partial charge >= 0.3 is 0 Å². The summed E-state index contributed by atoms with van der Waals surface area (Å²) in [5.41, 5.74) is 1.04. The normalized spacial score (nSPS) is 22.7. The van der Waals surface area contributed by atoms with Crippen molar-refractivity contribution in [1.29, 1.82) is 0 Å². The SMILES string of the molecule is CS(=O)(=O)c1ccc(CN2C[C@@H]3OCC(=O)N4CCN(C(=O)c5ccccc5F)C[C@H]4COc4ncccc4C(=O)N[C@@H]3C2)cc1. The van der Waals surface area contributed by atoms with Crippen LogP contribution in [0.15, 0.2) is 71.8 Å². The van der Waals surface area contributed by atoms with E-state index >= 15 is 0 Å². The number of hydrogen-bond acceptors (Lipinski definition) is 9. The van der Waals surface area contributed by atoms with Gasteiger partial charge in [0.15, 0.2) is 9.84 Å². The summed E-state index contributed by atoms with van der Waals surface area (Å²) in [5.74, 6) is -1.74. The Bertz CT molecular complexity index is 1740. The third-order valence-corrected chi connectivity index (χ3v) is 9.59. The fourth-order valence-corrected chi connectivity index (χ4v) is 6.70. The second kappa shape index (κ2) is 13.1. The van der Waals surface area contributed by atoms with E-state index in [9.17, 15) is 27.2 Å². The highest BCUT2D eigenvalue weighted by molar-refractivity contribution is 7.90. The van der Waals surface area contributed by atoms with Gasteiger partial charge in [0.1, 0.15) is 24.6 Å². The second-order valence-corrected chi connectivity index (χ2v) is 13.7. The Morgan fingerprint density at radius 1 is 1.02 bits per heavy atom. The molecule has 0 spiro atoms. The first-order valence-corrected chi connectivity index (χ1v) is 16.8. The van der Waals surface area contributed by atoms with Gasteiger partial charge < -0.3 is 24.6 Å². The summed E-state index contributed by atoms with van der Waals surface area (Å²) >= 11 is 0. The number of carbonyl (C=O) groups is 3. The Balaban J connectivity index is 1.22. The number of carbonyl (C=O) groups excluding carboxylic acids is 3. The minimum atomic E-state index is -3.32. The van der Waals surface area contributed by atoms with Crippen molar-refractivity contribution in [2.24, 2.45) is 0 Å². The van der Waals surface area contributed by atoms with Crippen LogP contribution in [0.3, 0.4) is 0 Å². The molecule has 1 aromatic heterocycles. The van der Waals surface area contributed by atoms with Crippen molar-refractivity contribution in [2.75, 3.05) is 52.2 Å². The maximum absolute atomic E-state index is 14.4. The van der Waals surface area contributed by atoms with Crippen LogP contribution in [0, 0.1) is 5.82 Å². The number of amides is 3. The molecule has 0 bridgehead atoms. The number of hydrogen-bond donors (Lipinski definition) is 1. The van der Waals surface area contributed by atoms with Gasteiger partial charge in [0.25, 0.3) is 11.8 Å². The van der Waals surface area contributed by atoms with Crippen LogP contribution in [0.1, 0.15) is 26.3 Å². The molecule has 0 radical (unpaired) electrons. The molecular formula is C32H34FN5O7S. The number of halogens is 1. The van der Waals surface area contributed by atoms with Crippen LogP contribution in [0.2, 0.25) is 0 Å². The smallest absolute Gasteiger partial charge is 0.257 e. The lowest BCUT2D eigenvalue weighted by molar-refractivity contribution is -0.143. The van der Waals surface area contributed by atoms with Crippen LogP contribution in [0.4, 0.5) is 4.39 Å². The monoisotopic (exact) mass is 651 g/mol. The van der Waals surface area contributed by atoms with Crippen LogP contribution in [-0.2, 0) is 25.9 Å². The summed E-state index contributed by atoms with van der Waals surface area (Å²) in [6.45, 7) is 1.48. The number of benzene rings is 2. The van der Waals surface area contributed by atoms with E-state index in [0.29, 0.717) is 19.6 Å². The summed E-state index contributed by atoms with van der Waals surface area (Å²) in [5, 5.41) is 3.02. The van der Waals surface area contributed by atoms with Crippen LogP contribution < -0.4 is 10.1 Å². The van der Waals surface area contributed by atoms with Crippen LogP contribution in [-0.4, -0.2) is 116 Å². The van der Waals surface area contributed by atoms with Gasteiger partial charge in [-0.1, -0.05) is 24.3 Å². The number of likely N-dealkylation sites (tertiary alicyclic amines) is 1. The van der Waals surface area contributed by atoms with Crippen molar-refractivity contribution in [3.8, 4) is 5.88 Å². The van der Waals surface area contributed by atoms with Gasteiger partial charge in [0.2, 0.25) is 11.8 Å². The molecule has 3 aliphatic heterocycles. The lowest BCUT2D eigenvalue weighted by Gasteiger charge is -2.41. The molecule has 3 aromatic rings. The van der Waals surface area contributed by atoms with Crippen molar-refractivity contribution in [2.45, 2.75) is 29.6 Å². The molecule has 0 saturated carbocycles. The first-order valence-electron chi connectivity index (χ1n) is 14.9. The van der Waals surface area contributed by atoms with Gasteiger partial charge in [-0.05, 0) is 42.0 Å². The average molecular weight is 652 g/mol. The summed E-state index contributed by atoms with van der Waals surface area (Å²) in [6, 6.07) is 14.5. The van der Waals surface area contributed by atoms with Gasteiger partial charge in [-0.2, -0.15) is 0 Å². The molecule has 2 aromatic carbocycles. The number of pyridine rings is 1. The lowest BCUT2D eigenvalue weighted by Crippen LogP contribution is -2.59. The maximum atomic E-state index is 14.4. The molecule has 2 saturated heterocycles. The van der Waals surface area contributed by atoms with Gasteiger partial charge in [-0.25, -0.2) is 17.8 Å². The highest BCUT2D eigenvalue weighted by Gasteiger charge is 2.39. The average Bonchev–Trinajstić information content (AvgIpc) is 3.42. The zero-order chi connectivity index (χ0) is 32.4. The molecular weight excluding hydrogens is 617 g/mol. The minimum absolute atomic E-state index is 0.0527. The Morgan fingerprint density at radius 3 is 2.57 bits per heavy atom. The molecule has 242 valence electrons. The van der Waals surface area contributed by atoms with Gasteiger partial charge in [0, 0.05) is 51.7 Å². The van der Waals surface area contributed by atoms with Crippen LogP contribution in [0.5, 0.6) is 5.88 Å². The number of piperazine rings is 1. The van der Waals surface area contributed by atoms with E-state index in [2.05, 4.69) is 15.2 Å². The van der Waals surface area contributed by atoms with Crippen LogP contribution in [0.25, 0.3) is 0 Å². The molecule has 3 amide bonds. The molecule has 4 heterocycles. The summed E-state index contributed by atoms with van der Waals surface area (Å²) in [4.78, 5) is 49.9. The van der Waals surface area contributed by atoms with Crippen molar-refractivity contribution < 1.29 is 36.7 Å². The minimum Gasteiger partial charge on any atom is -0.475 e. The van der Waals surface area contributed by atoms with Gasteiger partial charge in [-0.3, -0.25) is 19.3 Å². The zero-order valence-electron chi connectivity index (χ0n) is 25.2. The summed E-state index contributed by atoms with van der Waals surface area (Å²) in [6.07, 6.45) is 2.14. The number of nitrogens with one attached hydrogen (secondary N) is 1. The van der Waals surface area contributed by atoms with E-state index in [-0.39, 0.29) is 60.7 Å². The third kappa shape index (κ3) is 6.88. The molecule has 3 aliphatic rings. The van der Waals surface area contributed by atoms with E-state index in [4.69, 9.17) is 9.47 Å². The topological polar surface area (TPSA) is 138 Å². The first-order chi connectivity index (χ1) is 22.1. The molecule has 2 fully saturated rings. The predicted octanol–water partition coefficient (Wildman–Crippen LogP) is 1.37. The number of fused-ring (bicyclic) bond motifs is 3. The predicted molar refractivity (Wildman–Crippen MR) is 163 cm³/mol. The molecule has 0 aliphatic carbocycles. The number of nitrogens with zero attached hydrogens (tertiary/aromatic N) is 4. The third-order valence-electron chi connectivity index (χ3n) is 8.46. The molecule has 14 heteroatoms. The zero-order valence-corrected chi connectivity index (χ0v) is 26.0. The fourth-order valence-electron chi connectivity index (χ4n) is 6.07. The molecule has 12 nitrogen and oxygen atoms in total. The number of aromatic nitrogens is 1. The quantitative estimate of drug-likeness (QED) is 0.443. The van der Waals surface area contributed by atoms with Crippen molar-refractivity contribution in [3.63, 3.8) is 0 Å². The van der Waals surface area contributed by atoms with Gasteiger partial charge in [-0.15, -0.1) is 0 Å². The summed E-state index contributed by atoms with van der Waals surface area (Å²) in [7, 11) is -3.32. The van der Waals surface area contributed by atoms with E-state index in [1.165, 1.54) is 29.3 Å². The molecule has 0 unspecified atom stereocenters. The van der Waals surface area contributed by atoms with Crippen LogP contribution >= 0.6 is 0 Å². The van der Waals surface area contributed by atoms with Crippen molar-refractivity contribution in [3.05, 3.63) is 89.4 Å². The fraction of sp³-hybridized carbons (Fsp3) is 0.375. The van der Waals surface area contributed by atoms with Gasteiger partial charge in [0.05, 0.1) is 28.6 Å². The second-order valence-electron chi connectivity index (χ2n) is 11.7. The maximum Gasteiger partial charge on any atom is 0.257 e. The molecule has 6 rings (SSSR count). The van der Waals surface area contributed by atoms with Crippen molar-refractivity contribution >= 4 is 27.6 Å². The highest BCUT2D eigenvalue weighted by atomic mass is 32.2. The van der Waals surface area contributed by atoms with E-state index in [0.717, 1.165) is 11.8 Å². The Hall–Kier alpha value is -4.40.